The minimum atomic E-state index is -0.297. The van der Waals surface area contributed by atoms with Gasteiger partial charge in [-0.3, -0.25) is 0 Å². The average molecular weight is 311 g/mol. The van der Waals surface area contributed by atoms with Crippen molar-refractivity contribution in [2.45, 2.75) is 39.8 Å². The standard InChI is InChI=1S/C18H21N3O2/c1-4-14-6-5-7-15-16(10-20-17(14)15)18(22)23-12(2)11-21-9-8-19-13(21)3/h5-10,12,20H,4,11H2,1-3H3. The number of para-hydroxylation sites is 1. The summed E-state index contributed by atoms with van der Waals surface area (Å²) in [6, 6.07) is 5.99. The Kier molecular flexibility index (Phi) is 4.19. The van der Waals surface area contributed by atoms with Crippen molar-refractivity contribution in [3.05, 3.63) is 53.7 Å². The van der Waals surface area contributed by atoms with Gasteiger partial charge in [0, 0.05) is 29.5 Å². The number of carbonyl (C=O) groups is 1. The van der Waals surface area contributed by atoms with Crippen LogP contribution in [0.25, 0.3) is 10.9 Å². The average Bonchev–Trinajstić information content (AvgIpc) is 3.13. The zero-order chi connectivity index (χ0) is 16.4. The lowest BCUT2D eigenvalue weighted by atomic mass is 10.1. The normalized spacial score (nSPS) is 12.5. The van der Waals surface area contributed by atoms with Gasteiger partial charge >= 0.3 is 5.97 Å². The van der Waals surface area contributed by atoms with Crippen LogP contribution in [0.1, 0.15) is 35.6 Å². The second-order valence-electron chi connectivity index (χ2n) is 5.74. The first kappa shape index (κ1) is 15.3. The van der Waals surface area contributed by atoms with Gasteiger partial charge in [0.15, 0.2) is 0 Å². The van der Waals surface area contributed by atoms with Crippen LogP contribution in [0.2, 0.25) is 0 Å². The van der Waals surface area contributed by atoms with Gasteiger partial charge in [0.25, 0.3) is 0 Å². The van der Waals surface area contributed by atoms with Gasteiger partial charge in [-0.2, -0.15) is 0 Å². The van der Waals surface area contributed by atoms with E-state index >= 15 is 0 Å². The number of carbonyl (C=O) groups excluding carboxylic acids is 1. The van der Waals surface area contributed by atoms with Crippen molar-refractivity contribution in [3.63, 3.8) is 0 Å². The fourth-order valence-electron chi connectivity index (χ4n) is 2.84. The van der Waals surface area contributed by atoms with Crippen LogP contribution in [0.4, 0.5) is 0 Å². The lowest BCUT2D eigenvalue weighted by Crippen LogP contribution is -2.21. The van der Waals surface area contributed by atoms with Crippen LogP contribution in [0, 0.1) is 6.92 Å². The van der Waals surface area contributed by atoms with Gasteiger partial charge < -0.3 is 14.3 Å². The van der Waals surface area contributed by atoms with Gasteiger partial charge in [-0.1, -0.05) is 25.1 Å². The minimum absolute atomic E-state index is 0.227. The lowest BCUT2D eigenvalue weighted by Gasteiger charge is -2.14. The first-order valence-corrected chi connectivity index (χ1v) is 7.87. The molecule has 0 fully saturated rings. The van der Waals surface area contributed by atoms with E-state index in [1.165, 1.54) is 5.56 Å². The molecule has 0 spiro atoms. The molecule has 0 radical (unpaired) electrons. The van der Waals surface area contributed by atoms with Crippen LogP contribution >= 0.6 is 0 Å². The van der Waals surface area contributed by atoms with Crippen molar-refractivity contribution in [2.24, 2.45) is 0 Å². The molecule has 3 rings (SSSR count). The van der Waals surface area contributed by atoms with Gasteiger partial charge in [-0.05, 0) is 25.8 Å². The van der Waals surface area contributed by atoms with Crippen LogP contribution < -0.4 is 0 Å². The maximum atomic E-state index is 12.5. The first-order valence-electron chi connectivity index (χ1n) is 7.87. The van der Waals surface area contributed by atoms with Crippen molar-refractivity contribution in [3.8, 4) is 0 Å². The molecule has 1 unspecified atom stereocenters. The van der Waals surface area contributed by atoms with Gasteiger partial charge in [0.1, 0.15) is 11.9 Å². The van der Waals surface area contributed by atoms with Crippen LogP contribution in [0.3, 0.4) is 0 Å². The highest BCUT2D eigenvalue weighted by Gasteiger charge is 2.17. The molecule has 5 heteroatoms. The van der Waals surface area contributed by atoms with E-state index in [9.17, 15) is 4.79 Å². The highest BCUT2D eigenvalue weighted by atomic mass is 16.5. The molecule has 0 aliphatic rings. The molecule has 1 atom stereocenters. The Morgan fingerprint density at radius 1 is 1.43 bits per heavy atom. The topological polar surface area (TPSA) is 59.9 Å². The van der Waals surface area contributed by atoms with E-state index < -0.39 is 0 Å². The maximum Gasteiger partial charge on any atom is 0.340 e. The molecule has 2 aromatic heterocycles. The summed E-state index contributed by atoms with van der Waals surface area (Å²) in [4.78, 5) is 19.9. The zero-order valence-corrected chi connectivity index (χ0v) is 13.7. The summed E-state index contributed by atoms with van der Waals surface area (Å²) in [7, 11) is 0. The van der Waals surface area contributed by atoms with Crippen LogP contribution in [-0.4, -0.2) is 26.6 Å². The Bertz CT molecular complexity index is 832. The highest BCUT2D eigenvalue weighted by molar-refractivity contribution is 6.04. The van der Waals surface area contributed by atoms with Gasteiger partial charge in [0.2, 0.25) is 0 Å². The SMILES string of the molecule is CCc1cccc2c(C(=O)OC(C)Cn3ccnc3C)c[nH]c12. The lowest BCUT2D eigenvalue weighted by molar-refractivity contribution is 0.0307. The third-order valence-electron chi connectivity index (χ3n) is 4.09. The molecular formula is C18H21N3O2. The summed E-state index contributed by atoms with van der Waals surface area (Å²) in [5, 5.41) is 0.917. The minimum Gasteiger partial charge on any atom is -0.457 e. The Hall–Kier alpha value is -2.56. The van der Waals surface area contributed by atoms with E-state index in [0.29, 0.717) is 12.1 Å². The van der Waals surface area contributed by atoms with Gasteiger partial charge in [0.05, 0.1) is 12.1 Å². The number of nitrogens with one attached hydrogen (secondary N) is 1. The monoisotopic (exact) mass is 311 g/mol. The Morgan fingerprint density at radius 3 is 2.96 bits per heavy atom. The summed E-state index contributed by atoms with van der Waals surface area (Å²) < 4.78 is 7.57. The van der Waals surface area contributed by atoms with Crippen molar-refractivity contribution in [1.29, 1.82) is 0 Å². The molecule has 0 amide bonds. The molecular weight excluding hydrogens is 290 g/mol. The number of rotatable bonds is 5. The fraction of sp³-hybridized carbons (Fsp3) is 0.333. The van der Waals surface area contributed by atoms with E-state index in [2.05, 4.69) is 23.0 Å². The summed E-state index contributed by atoms with van der Waals surface area (Å²) in [6.45, 7) is 6.52. The predicted molar refractivity (Wildman–Crippen MR) is 89.5 cm³/mol. The Labute approximate surface area is 135 Å². The predicted octanol–water partition coefficient (Wildman–Crippen LogP) is 3.48. The molecule has 1 N–H and O–H groups in total. The smallest absolute Gasteiger partial charge is 0.340 e. The second-order valence-corrected chi connectivity index (χ2v) is 5.74. The quantitative estimate of drug-likeness (QED) is 0.734. The van der Waals surface area contributed by atoms with Crippen molar-refractivity contribution in [1.82, 2.24) is 14.5 Å². The molecule has 2 heterocycles. The molecule has 0 saturated carbocycles. The number of ether oxygens (including phenoxy) is 1. The number of esters is 1. The molecule has 0 bridgehead atoms. The number of H-pyrrole nitrogens is 1. The summed E-state index contributed by atoms with van der Waals surface area (Å²) >= 11 is 0. The molecule has 23 heavy (non-hydrogen) atoms. The van der Waals surface area contributed by atoms with Crippen LogP contribution in [-0.2, 0) is 17.7 Å². The van der Waals surface area contributed by atoms with E-state index in [1.807, 2.05) is 36.7 Å². The third-order valence-corrected chi connectivity index (χ3v) is 4.09. The number of nitrogens with zero attached hydrogens (tertiary/aromatic N) is 2. The second kappa shape index (κ2) is 6.28. The number of hydrogen-bond acceptors (Lipinski definition) is 3. The number of hydrogen-bond donors (Lipinski definition) is 1. The number of benzene rings is 1. The van der Waals surface area contributed by atoms with Crippen LogP contribution in [0.15, 0.2) is 36.8 Å². The number of aromatic nitrogens is 3. The molecule has 0 saturated heterocycles. The summed E-state index contributed by atoms with van der Waals surface area (Å²) in [6.07, 6.45) is 6.06. The molecule has 120 valence electrons. The van der Waals surface area contributed by atoms with Gasteiger partial charge in [-0.15, -0.1) is 0 Å². The third kappa shape index (κ3) is 2.99. The maximum absolute atomic E-state index is 12.5. The van der Waals surface area contributed by atoms with E-state index in [1.54, 1.807) is 12.4 Å². The number of aromatic amines is 1. The number of imidazole rings is 1. The van der Waals surface area contributed by atoms with Gasteiger partial charge in [-0.25, -0.2) is 9.78 Å². The van der Waals surface area contributed by atoms with Crippen molar-refractivity contribution >= 4 is 16.9 Å². The first-order chi connectivity index (χ1) is 11.1. The molecule has 0 aliphatic carbocycles. The number of aryl methyl sites for hydroxylation is 2. The Morgan fingerprint density at radius 2 is 2.26 bits per heavy atom. The van der Waals surface area contributed by atoms with Crippen molar-refractivity contribution < 1.29 is 9.53 Å². The summed E-state index contributed by atoms with van der Waals surface area (Å²) in [5.74, 6) is 0.613. The van der Waals surface area contributed by atoms with E-state index in [4.69, 9.17) is 4.74 Å². The largest absolute Gasteiger partial charge is 0.457 e. The zero-order valence-electron chi connectivity index (χ0n) is 13.7. The molecule has 5 nitrogen and oxygen atoms in total. The fourth-order valence-corrected chi connectivity index (χ4v) is 2.84. The van der Waals surface area contributed by atoms with E-state index in [0.717, 1.165) is 23.1 Å². The number of fused-ring (bicyclic) bond motifs is 1. The molecule has 3 aromatic rings. The summed E-state index contributed by atoms with van der Waals surface area (Å²) in [5.41, 5.74) is 2.80. The highest BCUT2D eigenvalue weighted by Crippen LogP contribution is 2.23. The molecule has 1 aromatic carbocycles. The van der Waals surface area contributed by atoms with Crippen LogP contribution in [0.5, 0.6) is 0 Å². The Balaban J connectivity index is 1.77. The van der Waals surface area contributed by atoms with Crippen molar-refractivity contribution in [2.75, 3.05) is 0 Å². The molecule has 0 aliphatic heterocycles. The van der Waals surface area contributed by atoms with E-state index in [-0.39, 0.29) is 12.1 Å².